The molecule has 2 rings (SSSR count). The molecule has 0 radical (unpaired) electrons. The molecule has 1 heterocycles. The van der Waals surface area contributed by atoms with E-state index >= 15 is 0 Å². The lowest BCUT2D eigenvalue weighted by Gasteiger charge is -2.15. The summed E-state index contributed by atoms with van der Waals surface area (Å²) in [5, 5.41) is 0. The quantitative estimate of drug-likeness (QED) is 0.783. The Morgan fingerprint density at radius 3 is 2.59 bits per heavy atom. The van der Waals surface area contributed by atoms with Gasteiger partial charge in [-0.3, -0.25) is 9.78 Å². The van der Waals surface area contributed by atoms with E-state index in [0.717, 1.165) is 18.5 Å². The summed E-state index contributed by atoms with van der Waals surface area (Å²) in [5.74, 6) is 1.54. The summed E-state index contributed by atoms with van der Waals surface area (Å²) in [6, 6.07) is 1.76. The van der Waals surface area contributed by atoms with Crippen LogP contribution in [0.3, 0.4) is 0 Å². The monoisotopic (exact) mass is 235 g/mol. The SMILES string of the molecule is COc1ccnc(CC2(C(C)=O)CC2)c1OC. The number of methoxy groups -OCH3 is 2. The molecule has 1 saturated carbocycles. The fourth-order valence-corrected chi connectivity index (χ4v) is 2.10. The number of carbonyl (C=O) groups excluding carboxylic acids is 1. The van der Waals surface area contributed by atoms with E-state index in [1.807, 2.05) is 0 Å². The van der Waals surface area contributed by atoms with E-state index in [0.29, 0.717) is 17.9 Å². The number of ether oxygens (including phenoxy) is 2. The van der Waals surface area contributed by atoms with Gasteiger partial charge in [-0.1, -0.05) is 0 Å². The van der Waals surface area contributed by atoms with Crippen molar-refractivity contribution in [2.24, 2.45) is 5.41 Å². The predicted octanol–water partition coefficient (Wildman–Crippen LogP) is 2.01. The summed E-state index contributed by atoms with van der Waals surface area (Å²) >= 11 is 0. The van der Waals surface area contributed by atoms with Gasteiger partial charge in [-0.15, -0.1) is 0 Å². The zero-order chi connectivity index (χ0) is 12.5. The summed E-state index contributed by atoms with van der Waals surface area (Å²) in [5.41, 5.74) is 0.603. The van der Waals surface area contributed by atoms with Crippen LogP contribution < -0.4 is 9.47 Å². The minimum Gasteiger partial charge on any atom is -0.493 e. The highest BCUT2D eigenvalue weighted by molar-refractivity contribution is 5.85. The second-order valence-electron chi connectivity index (χ2n) is 4.51. The molecule has 1 aliphatic carbocycles. The highest BCUT2D eigenvalue weighted by atomic mass is 16.5. The fourth-order valence-electron chi connectivity index (χ4n) is 2.10. The molecule has 92 valence electrons. The lowest BCUT2D eigenvalue weighted by Crippen LogP contribution is -2.16. The Hall–Kier alpha value is -1.58. The molecule has 0 amide bonds. The largest absolute Gasteiger partial charge is 0.493 e. The third-order valence-corrected chi connectivity index (χ3v) is 3.47. The van der Waals surface area contributed by atoms with Gasteiger partial charge in [0.15, 0.2) is 11.5 Å². The molecule has 4 nitrogen and oxygen atoms in total. The molecule has 1 aromatic rings. The maximum atomic E-state index is 11.6. The molecule has 1 fully saturated rings. The van der Waals surface area contributed by atoms with Gasteiger partial charge in [0.05, 0.1) is 19.9 Å². The Morgan fingerprint density at radius 2 is 2.12 bits per heavy atom. The third-order valence-electron chi connectivity index (χ3n) is 3.47. The maximum absolute atomic E-state index is 11.6. The number of hydrogen-bond acceptors (Lipinski definition) is 4. The molecule has 0 unspecified atom stereocenters. The average molecular weight is 235 g/mol. The van der Waals surface area contributed by atoms with Crippen LogP contribution in [0.4, 0.5) is 0 Å². The number of aromatic nitrogens is 1. The Labute approximate surface area is 101 Å². The number of ketones is 1. The molecule has 1 aromatic heterocycles. The number of nitrogens with zero attached hydrogens (tertiary/aromatic N) is 1. The molecular weight excluding hydrogens is 218 g/mol. The van der Waals surface area contributed by atoms with E-state index < -0.39 is 0 Å². The Balaban J connectivity index is 2.30. The first-order chi connectivity index (χ1) is 8.13. The molecule has 0 N–H and O–H groups in total. The van der Waals surface area contributed by atoms with Crippen molar-refractivity contribution in [3.05, 3.63) is 18.0 Å². The van der Waals surface area contributed by atoms with Gasteiger partial charge in [0.25, 0.3) is 0 Å². The number of pyridine rings is 1. The van der Waals surface area contributed by atoms with Crippen LogP contribution in [0, 0.1) is 5.41 Å². The first kappa shape index (κ1) is 11.9. The minimum absolute atomic E-state index is 0.202. The Morgan fingerprint density at radius 1 is 1.41 bits per heavy atom. The van der Waals surface area contributed by atoms with E-state index in [1.54, 1.807) is 33.4 Å². The third kappa shape index (κ3) is 2.12. The maximum Gasteiger partial charge on any atom is 0.182 e. The molecule has 0 bridgehead atoms. The van der Waals surface area contributed by atoms with Crippen molar-refractivity contribution in [2.45, 2.75) is 26.2 Å². The molecule has 0 aromatic carbocycles. The molecule has 0 atom stereocenters. The predicted molar refractivity (Wildman–Crippen MR) is 63.4 cm³/mol. The zero-order valence-electron chi connectivity index (χ0n) is 10.4. The molecular formula is C13H17NO3. The number of rotatable bonds is 5. The molecule has 0 spiro atoms. The second kappa shape index (κ2) is 4.35. The van der Waals surface area contributed by atoms with Crippen LogP contribution in [-0.2, 0) is 11.2 Å². The van der Waals surface area contributed by atoms with Crippen molar-refractivity contribution in [1.82, 2.24) is 4.98 Å². The van der Waals surface area contributed by atoms with Gasteiger partial charge in [0.2, 0.25) is 0 Å². The molecule has 0 aliphatic heterocycles. The first-order valence-corrected chi connectivity index (χ1v) is 5.70. The van der Waals surface area contributed by atoms with E-state index in [-0.39, 0.29) is 11.2 Å². The first-order valence-electron chi connectivity index (χ1n) is 5.70. The smallest absolute Gasteiger partial charge is 0.182 e. The Kier molecular flexibility index (Phi) is 3.05. The summed E-state index contributed by atoms with van der Waals surface area (Å²) in [6.07, 6.45) is 4.23. The van der Waals surface area contributed by atoms with E-state index in [1.165, 1.54) is 0 Å². The lowest BCUT2D eigenvalue weighted by atomic mass is 9.95. The van der Waals surface area contributed by atoms with Crippen LogP contribution in [0.15, 0.2) is 12.3 Å². The van der Waals surface area contributed by atoms with Crippen molar-refractivity contribution in [3.63, 3.8) is 0 Å². The summed E-state index contributed by atoms with van der Waals surface area (Å²) in [7, 11) is 3.19. The van der Waals surface area contributed by atoms with Gasteiger partial charge in [-0.05, 0) is 19.8 Å². The van der Waals surface area contributed by atoms with Gasteiger partial charge in [0.1, 0.15) is 5.78 Å². The van der Waals surface area contributed by atoms with Gasteiger partial charge in [0, 0.05) is 24.1 Å². The number of hydrogen-bond donors (Lipinski definition) is 0. The minimum atomic E-state index is -0.202. The zero-order valence-corrected chi connectivity index (χ0v) is 10.4. The Bertz CT molecular complexity index is 438. The lowest BCUT2D eigenvalue weighted by molar-refractivity contribution is -0.122. The van der Waals surface area contributed by atoms with Gasteiger partial charge in [-0.25, -0.2) is 0 Å². The normalized spacial score (nSPS) is 16.4. The van der Waals surface area contributed by atoms with Crippen molar-refractivity contribution in [1.29, 1.82) is 0 Å². The summed E-state index contributed by atoms with van der Waals surface area (Å²) in [6.45, 7) is 1.65. The summed E-state index contributed by atoms with van der Waals surface area (Å²) < 4.78 is 10.5. The highest BCUT2D eigenvalue weighted by Crippen LogP contribution is 2.50. The van der Waals surface area contributed by atoms with Crippen LogP contribution in [-0.4, -0.2) is 25.0 Å². The van der Waals surface area contributed by atoms with Gasteiger partial charge >= 0.3 is 0 Å². The van der Waals surface area contributed by atoms with Crippen LogP contribution in [0.2, 0.25) is 0 Å². The topological polar surface area (TPSA) is 48.4 Å². The molecule has 17 heavy (non-hydrogen) atoms. The van der Waals surface area contributed by atoms with Crippen molar-refractivity contribution < 1.29 is 14.3 Å². The second-order valence-corrected chi connectivity index (χ2v) is 4.51. The van der Waals surface area contributed by atoms with Crippen molar-refractivity contribution in [2.75, 3.05) is 14.2 Å². The van der Waals surface area contributed by atoms with Crippen LogP contribution in [0.5, 0.6) is 11.5 Å². The number of Topliss-reactive ketones (excluding diaryl/α,β-unsaturated/α-hetero) is 1. The highest BCUT2D eigenvalue weighted by Gasteiger charge is 2.48. The van der Waals surface area contributed by atoms with Crippen LogP contribution in [0.1, 0.15) is 25.5 Å². The van der Waals surface area contributed by atoms with E-state index in [9.17, 15) is 4.79 Å². The van der Waals surface area contributed by atoms with Gasteiger partial charge in [-0.2, -0.15) is 0 Å². The van der Waals surface area contributed by atoms with E-state index in [4.69, 9.17) is 9.47 Å². The van der Waals surface area contributed by atoms with E-state index in [2.05, 4.69) is 4.98 Å². The van der Waals surface area contributed by atoms with Crippen LogP contribution >= 0.6 is 0 Å². The van der Waals surface area contributed by atoms with Gasteiger partial charge < -0.3 is 9.47 Å². The van der Waals surface area contributed by atoms with Crippen molar-refractivity contribution in [3.8, 4) is 11.5 Å². The number of carbonyl (C=O) groups is 1. The molecule has 1 aliphatic rings. The fraction of sp³-hybridized carbons (Fsp3) is 0.538. The van der Waals surface area contributed by atoms with Crippen molar-refractivity contribution >= 4 is 5.78 Å². The average Bonchev–Trinajstić information content (AvgIpc) is 3.09. The van der Waals surface area contributed by atoms with Crippen LogP contribution in [0.25, 0.3) is 0 Å². The summed E-state index contributed by atoms with van der Waals surface area (Å²) in [4.78, 5) is 15.9. The molecule has 0 saturated heterocycles. The molecule has 4 heteroatoms. The standard InChI is InChI=1S/C13H17NO3/c1-9(15)13(5-6-13)8-10-12(17-3)11(16-2)4-7-14-10/h4,7H,5-6,8H2,1-3H3.